The highest BCUT2D eigenvalue weighted by Gasteiger charge is 2.16. The van der Waals surface area contributed by atoms with Crippen LogP contribution in [-0.2, 0) is 6.42 Å². The van der Waals surface area contributed by atoms with E-state index in [-0.39, 0.29) is 12.6 Å². The molecule has 0 bridgehead atoms. The van der Waals surface area contributed by atoms with Crippen molar-refractivity contribution in [2.24, 2.45) is 0 Å². The van der Waals surface area contributed by atoms with Crippen molar-refractivity contribution >= 4 is 5.69 Å². The standard InChI is InChI=1S/C10H13NO2/c12-6-8-2-1-7-5-9(13)3-4-10(7)11-8/h3-5,8,11-13H,1-2,6H2/t8-/m1/s1. The molecule has 3 N–H and O–H groups in total. The van der Waals surface area contributed by atoms with Crippen molar-refractivity contribution in [2.45, 2.75) is 18.9 Å². The van der Waals surface area contributed by atoms with Crippen LogP contribution in [0.5, 0.6) is 5.75 Å². The number of aliphatic hydroxyl groups is 1. The van der Waals surface area contributed by atoms with Gasteiger partial charge in [-0.05, 0) is 36.6 Å². The zero-order valence-corrected chi connectivity index (χ0v) is 7.33. The van der Waals surface area contributed by atoms with Crippen LogP contribution in [0.1, 0.15) is 12.0 Å². The zero-order chi connectivity index (χ0) is 9.26. The van der Waals surface area contributed by atoms with Crippen molar-refractivity contribution in [1.29, 1.82) is 0 Å². The Morgan fingerprint density at radius 2 is 2.31 bits per heavy atom. The molecule has 0 unspecified atom stereocenters. The molecule has 1 aliphatic rings. The van der Waals surface area contributed by atoms with Crippen molar-refractivity contribution in [3.05, 3.63) is 23.8 Å². The Balaban J connectivity index is 2.26. The molecule has 3 heteroatoms. The van der Waals surface area contributed by atoms with Crippen LogP contribution in [0.4, 0.5) is 5.69 Å². The van der Waals surface area contributed by atoms with Crippen LogP contribution in [0, 0.1) is 0 Å². The van der Waals surface area contributed by atoms with Gasteiger partial charge in [0.1, 0.15) is 5.75 Å². The molecule has 1 heterocycles. The Morgan fingerprint density at radius 3 is 3.08 bits per heavy atom. The summed E-state index contributed by atoms with van der Waals surface area (Å²) in [4.78, 5) is 0. The molecule has 2 rings (SSSR count). The molecule has 13 heavy (non-hydrogen) atoms. The average molecular weight is 179 g/mol. The zero-order valence-electron chi connectivity index (χ0n) is 7.33. The number of phenols is 1. The van der Waals surface area contributed by atoms with Crippen LogP contribution in [0.3, 0.4) is 0 Å². The average Bonchev–Trinajstić information content (AvgIpc) is 2.17. The number of aryl methyl sites for hydroxylation is 1. The third kappa shape index (κ3) is 1.60. The summed E-state index contributed by atoms with van der Waals surface area (Å²) in [6, 6.07) is 5.45. The second-order valence-electron chi connectivity index (χ2n) is 3.40. The molecule has 70 valence electrons. The van der Waals surface area contributed by atoms with Crippen LogP contribution in [0.2, 0.25) is 0 Å². The predicted octanol–water partition coefficient (Wildman–Crippen LogP) is 1.11. The van der Waals surface area contributed by atoms with Crippen molar-refractivity contribution in [3.63, 3.8) is 0 Å². The summed E-state index contributed by atoms with van der Waals surface area (Å²) in [6.07, 6.45) is 1.84. The topological polar surface area (TPSA) is 52.5 Å². The van der Waals surface area contributed by atoms with Crippen molar-refractivity contribution in [2.75, 3.05) is 11.9 Å². The van der Waals surface area contributed by atoms with Gasteiger partial charge in [0.05, 0.1) is 6.61 Å². The van der Waals surface area contributed by atoms with Crippen LogP contribution < -0.4 is 5.32 Å². The van der Waals surface area contributed by atoms with E-state index < -0.39 is 0 Å². The first-order chi connectivity index (χ1) is 6.29. The molecule has 0 saturated heterocycles. The lowest BCUT2D eigenvalue weighted by molar-refractivity contribution is 0.267. The van der Waals surface area contributed by atoms with E-state index in [0.717, 1.165) is 24.1 Å². The van der Waals surface area contributed by atoms with Crippen LogP contribution in [-0.4, -0.2) is 22.9 Å². The number of fused-ring (bicyclic) bond motifs is 1. The molecule has 1 atom stereocenters. The number of phenolic OH excluding ortho intramolecular Hbond substituents is 1. The Kier molecular flexibility index (Phi) is 2.10. The van der Waals surface area contributed by atoms with E-state index in [2.05, 4.69) is 5.32 Å². The van der Waals surface area contributed by atoms with E-state index >= 15 is 0 Å². The Bertz CT molecular complexity index is 312. The molecular formula is C10H13NO2. The smallest absolute Gasteiger partial charge is 0.116 e. The van der Waals surface area contributed by atoms with E-state index in [1.807, 2.05) is 6.07 Å². The summed E-state index contributed by atoms with van der Waals surface area (Å²) in [5.74, 6) is 0.308. The van der Waals surface area contributed by atoms with Gasteiger partial charge >= 0.3 is 0 Å². The first-order valence-electron chi connectivity index (χ1n) is 4.49. The first kappa shape index (κ1) is 8.38. The van der Waals surface area contributed by atoms with Crippen molar-refractivity contribution < 1.29 is 10.2 Å². The van der Waals surface area contributed by atoms with Crippen LogP contribution in [0.25, 0.3) is 0 Å². The maximum Gasteiger partial charge on any atom is 0.116 e. The molecule has 1 aliphatic heterocycles. The molecule has 0 radical (unpaired) electrons. The number of aromatic hydroxyl groups is 1. The quantitative estimate of drug-likeness (QED) is 0.566. The van der Waals surface area contributed by atoms with Gasteiger partial charge in [-0.25, -0.2) is 0 Å². The van der Waals surface area contributed by atoms with Gasteiger partial charge in [0.2, 0.25) is 0 Å². The predicted molar refractivity (Wildman–Crippen MR) is 50.9 cm³/mol. The summed E-state index contributed by atoms with van der Waals surface area (Å²) in [7, 11) is 0. The molecule has 0 aromatic heterocycles. The minimum atomic E-state index is 0.164. The Morgan fingerprint density at radius 1 is 1.46 bits per heavy atom. The monoisotopic (exact) mass is 179 g/mol. The number of aliphatic hydroxyl groups excluding tert-OH is 1. The van der Waals surface area contributed by atoms with Gasteiger partial charge in [0, 0.05) is 11.7 Å². The van der Waals surface area contributed by atoms with Gasteiger partial charge in [-0.1, -0.05) is 0 Å². The Labute approximate surface area is 77.0 Å². The molecule has 0 spiro atoms. The summed E-state index contributed by atoms with van der Waals surface area (Å²) in [5, 5.41) is 21.4. The second kappa shape index (κ2) is 3.26. The van der Waals surface area contributed by atoms with Gasteiger partial charge in [-0.3, -0.25) is 0 Å². The maximum absolute atomic E-state index is 9.23. The normalized spacial score (nSPS) is 20.5. The minimum absolute atomic E-state index is 0.164. The first-order valence-corrected chi connectivity index (χ1v) is 4.49. The van der Waals surface area contributed by atoms with E-state index in [1.165, 1.54) is 0 Å². The van der Waals surface area contributed by atoms with Crippen molar-refractivity contribution in [3.8, 4) is 5.75 Å². The fourth-order valence-electron chi connectivity index (χ4n) is 1.69. The second-order valence-corrected chi connectivity index (χ2v) is 3.40. The molecule has 0 amide bonds. The number of nitrogens with one attached hydrogen (secondary N) is 1. The van der Waals surface area contributed by atoms with Gasteiger partial charge < -0.3 is 15.5 Å². The van der Waals surface area contributed by atoms with E-state index in [1.54, 1.807) is 12.1 Å². The molecular weight excluding hydrogens is 166 g/mol. The summed E-state index contributed by atoms with van der Waals surface area (Å²) < 4.78 is 0. The molecule has 0 fully saturated rings. The molecule has 1 aromatic rings. The van der Waals surface area contributed by atoms with Gasteiger partial charge in [-0.15, -0.1) is 0 Å². The maximum atomic E-state index is 9.23. The lowest BCUT2D eigenvalue weighted by Crippen LogP contribution is -2.28. The van der Waals surface area contributed by atoms with Gasteiger partial charge in [0.25, 0.3) is 0 Å². The van der Waals surface area contributed by atoms with Gasteiger partial charge in [0.15, 0.2) is 0 Å². The molecule has 1 aromatic carbocycles. The largest absolute Gasteiger partial charge is 0.508 e. The summed E-state index contributed by atoms with van der Waals surface area (Å²) in [5.41, 5.74) is 2.16. The van der Waals surface area contributed by atoms with Gasteiger partial charge in [-0.2, -0.15) is 0 Å². The fourth-order valence-corrected chi connectivity index (χ4v) is 1.69. The SMILES string of the molecule is OC[C@H]1CCc2cc(O)ccc2N1. The molecule has 3 nitrogen and oxygen atoms in total. The lowest BCUT2D eigenvalue weighted by atomic mass is 9.98. The number of benzene rings is 1. The number of anilines is 1. The molecule has 0 aliphatic carbocycles. The van der Waals surface area contributed by atoms with Crippen LogP contribution >= 0.6 is 0 Å². The van der Waals surface area contributed by atoms with Crippen LogP contribution in [0.15, 0.2) is 18.2 Å². The number of hydrogen-bond donors (Lipinski definition) is 3. The highest BCUT2D eigenvalue weighted by Crippen LogP contribution is 2.27. The van der Waals surface area contributed by atoms with Crippen molar-refractivity contribution in [1.82, 2.24) is 0 Å². The van der Waals surface area contributed by atoms with E-state index in [9.17, 15) is 5.11 Å². The summed E-state index contributed by atoms with van der Waals surface area (Å²) in [6.45, 7) is 0.167. The van der Waals surface area contributed by atoms with E-state index in [0.29, 0.717) is 5.75 Å². The third-order valence-corrected chi connectivity index (χ3v) is 2.43. The lowest BCUT2D eigenvalue weighted by Gasteiger charge is -2.25. The minimum Gasteiger partial charge on any atom is -0.508 e. The highest BCUT2D eigenvalue weighted by atomic mass is 16.3. The Hall–Kier alpha value is -1.22. The molecule has 0 saturated carbocycles. The van der Waals surface area contributed by atoms with E-state index in [4.69, 9.17) is 5.11 Å². The number of rotatable bonds is 1. The fraction of sp³-hybridized carbons (Fsp3) is 0.400. The third-order valence-electron chi connectivity index (χ3n) is 2.43. The number of hydrogen-bond acceptors (Lipinski definition) is 3. The summed E-state index contributed by atoms with van der Waals surface area (Å²) >= 11 is 0. The highest BCUT2D eigenvalue weighted by molar-refractivity contribution is 5.56.